The Kier molecular flexibility index (Phi) is 2.50. The number of aryl methyl sites for hydroxylation is 1. The fourth-order valence-electron chi connectivity index (χ4n) is 1.45. The van der Waals surface area contributed by atoms with Crippen molar-refractivity contribution in [2.75, 3.05) is 13.2 Å². The lowest BCUT2D eigenvalue weighted by molar-refractivity contribution is -0.00976. The summed E-state index contributed by atoms with van der Waals surface area (Å²) in [6.45, 7) is 2.66. The van der Waals surface area contributed by atoms with Gasteiger partial charge in [0.15, 0.2) is 0 Å². The molecule has 1 aliphatic rings. The van der Waals surface area contributed by atoms with Crippen molar-refractivity contribution in [1.82, 2.24) is 0 Å². The van der Waals surface area contributed by atoms with Crippen LogP contribution in [0.1, 0.15) is 11.1 Å². The summed E-state index contributed by atoms with van der Waals surface area (Å²) < 4.78 is 18.0. The van der Waals surface area contributed by atoms with E-state index in [4.69, 9.17) is 16.3 Å². The van der Waals surface area contributed by atoms with Crippen LogP contribution in [-0.4, -0.2) is 13.2 Å². The highest BCUT2D eigenvalue weighted by molar-refractivity contribution is 7.81. The highest BCUT2D eigenvalue weighted by Gasteiger charge is 2.38. The third kappa shape index (κ3) is 1.53. The molecule has 1 heterocycles. The lowest BCUT2D eigenvalue weighted by Gasteiger charge is -2.38. The van der Waals surface area contributed by atoms with E-state index in [1.165, 1.54) is 6.07 Å². The zero-order chi connectivity index (χ0) is 10.3. The van der Waals surface area contributed by atoms with Gasteiger partial charge in [-0.2, -0.15) is 12.6 Å². The van der Waals surface area contributed by atoms with Crippen LogP contribution in [0.15, 0.2) is 12.1 Å². The van der Waals surface area contributed by atoms with Crippen LogP contribution in [0.2, 0.25) is 5.02 Å². The van der Waals surface area contributed by atoms with Crippen LogP contribution in [0.4, 0.5) is 4.39 Å². The van der Waals surface area contributed by atoms with Crippen LogP contribution >= 0.6 is 24.2 Å². The predicted molar refractivity (Wildman–Crippen MR) is 57.6 cm³/mol. The van der Waals surface area contributed by atoms with Crippen molar-refractivity contribution in [3.05, 3.63) is 34.1 Å². The van der Waals surface area contributed by atoms with Crippen molar-refractivity contribution in [3.63, 3.8) is 0 Å². The normalized spacial score (nSPS) is 19.1. The number of ether oxygens (including phenoxy) is 1. The van der Waals surface area contributed by atoms with E-state index in [1.807, 2.05) is 0 Å². The van der Waals surface area contributed by atoms with Gasteiger partial charge in [-0.3, -0.25) is 0 Å². The lowest BCUT2D eigenvalue weighted by Crippen LogP contribution is -2.42. The third-order valence-electron chi connectivity index (χ3n) is 2.43. The predicted octanol–water partition coefficient (Wildman–Crippen LogP) is 2.94. The molecule has 1 saturated heterocycles. The topological polar surface area (TPSA) is 9.23 Å². The fraction of sp³-hybridized carbons (Fsp3) is 0.400. The maximum atomic E-state index is 13.3. The average Bonchev–Trinajstić information content (AvgIpc) is 2.07. The Hall–Kier alpha value is -0.250. The monoisotopic (exact) mass is 232 g/mol. The lowest BCUT2D eigenvalue weighted by atomic mass is 9.95. The van der Waals surface area contributed by atoms with Gasteiger partial charge in [0, 0.05) is 5.02 Å². The molecule has 0 radical (unpaired) electrons. The molecule has 1 fully saturated rings. The van der Waals surface area contributed by atoms with E-state index in [2.05, 4.69) is 12.6 Å². The summed E-state index contributed by atoms with van der Waals surface area (Å²) in [5.74, 6) is -0.246. The molecular formula is C10H10ClFOS. The Morgan fingerprint density at radius 1 is 1.50 bits per heavy atom. The molecule has 0 unspecified atom stereocenters. The molecule has 76 valence electrons. The van der Waals surface area contributed by atoms with Gasteiger partial charge in [-0.1, -0.05) is 11.6 Å². The number of rotatable bonds is 1. The molecule has 0 aromatic heterocycles. The van der Waals surface area contributed by atoms with Gasteiger partial charge < -0.3 is 4.74 Å². The van der Waals surface area contributed by atoms with E-state index < -0.39 is 4.75 Å². The first-order valence-electron chi connectivity index (χ1n) is 4.29. The quantitative estimate of drug-likeness (QED) is 0.733. The van der Waals surface area contributed by atoms with Gasteiger partial charge in [-0.25, -0.2) is 4.39 Å². The molecule has 0 saturated carbocycles. The van der Waals surface area contributed by atoms with Crippen molar-refractivity contribution in [2.24, 2.45) is 0 Å². The van der Waals surface area contributed by atoms with E-state index in [1.54, 1.807) is 13.0 Å². The molecule has 0 amide bonds. The number of benzene rings is 1. The number of thiol groups is 1. The molecule has 0 spiro atoms. The smallest absolute Gasteiger partial charge is 0.126 e. The maximum Gasteiger partial charge on any atom is 0.126 e. The van der Waals surface area contributed by atoms with Crippen molar-refractivity contribution < 1.29 is 9.13 Å². The second-order valence-corrected chi connectivity index (χ2v) is 4.87. The molecule has 1 nitrogen and oxygen atoms in total. The summed E-state index contributed by atoms with van der Waals surface area (Å²) in [4.78, 5) is 0. The van der Waals surface area contributed by atoms with Crippen LogP contribution in [0.25, 0.3) is 0 Å². The molecule has 0 atom stereocenters. The van der Waals surface area contributed by atoms with Crippen LogP contribution in [0, 0.1) is 12.7 Å². The van der Waals surface area contributed by atoms with Crippen molar-refractivity contribution in [3.8, 4) is 0 Å². The summed E-state index contributed by atoms with van der Waals surface area (Å²) in [6.07, 6.45) is 0. The second-order valence-electron chi connectivity index (χ2n) is 3.61. The van der Waals surface area contributed by atoms with Crippen LogP contribution in [-0.2, 0) is 9.48 Å². The molecule has 2 rings (SSSR count). The largest absolute Gasteiger partial charge is 0.378 e. The zero-order valence-corrected chi connectivity index (χ0v) is 9.33. The molecule has 1 aliphatic heterocycles. The minimum atomic E-state index is -0.411. The highest BCUT2D eigenvalue weighted by atomic mass is 35.5. The number of halogens is 2. The Bertz CT molecular complexity index is 377. The van der Waals surface area contributed by atoms with Gasteiger partial charge in [0.05, 0.1) is 18.0 Å². The van der Waals surface area contributed by atoms with Gasteiger partial charge in [-0.05, 0) is 30.2 Å². The van der Waals surface area contributed by atoms with Crippen molar-refractivity contribution >= 4 is 24.2 Å². The highest BCUT2D eigenvalue weighted by Crippen LogP contribution is 2.40. The summed E-state index contributed by atoms with van der Waals surface area (Å²) in [5.41, 5.74) is 1.27. The van der Waals surface area contributed by atoms with Crippen LogP contribution in [0.3, 0.4) is 0 Å². The van der Waals surface area contributed by atoms with E-state index in [0.717, 1.165) is 5.56 Å². The van der Waals surface area contributed by atoms with E-state index in [-0.39, 0.29) is 5.82 Å². The molecule has 0 N–H and O–H groups in total. The molecule has 1 aromatic rings. The van der Waals surface area contributed by atoms with Gasteiger partial charge >= 0.3 is 0 Å². The SMILES string of the molecule is Cc1cc(Cl)c(C2(S)COC2)cc1F. The van der Waals surface area contributed by atoms with Crippen molar-refractivity contribution in [1.29, 1.82) is 0 Å². The Morgan fingerprint density at radius 2 is 2.14 bits per heavy atom. The zero-order valence-electron chi connectivity index (χ0n) is 7.68. The first kappa shape index (κ1) is 10.3. The Labute approximate surface area is 92.6 Å². The van der Waals surface area contributed by atoms with Crippen molar-refractivity contribution in [2.45, 2.75) is 11.7 Å². The minimum absolute atomic E-state index is 0.246. The average molecular weight is 233 g/mol. The summed E-state index contributed by atoms with van der Waals surface area (Å²) in [7, 11) is 0. The molecule has 0 bridgehead atoms. The molecule has 0 aliphatic carbocycles. The maximum absolute atomic E-state index is 13.3. The van der Waals surface area contributed by atoms with Gasteiger partial charge in [0.2, 0.25) is 0 Å². The number of hydrogen-bond acceptors (Lipinski definition) is 2. The molecule has 1 aromatic carbocycles. The van der Waals surface area contributed by atoms with Gasteiger partial charge in [0.1, 0.15) is 5.82 Å². The van der Waals surface area contributed by atoms with E-state index in [9.17, 15) is 4.39 Å². The summed E-state index contributed by atoms with van der Waals surface area (Å²) in [5, 5.41) is 0.558. The molecule has 4 heteroatoms. The van der Waals surface area contributed by atoms with Crippen LogP contribution < -0.4 is 0 Å². The standard InChI is InChI=1S/C10H10ClFOS/c1-6-2-8(11)7(3-9(6)12)10(14)4-13-5-10/h2-3,14H,4-5H2,1H3. The first-order chi connectivity index (χ1) is 6.53. The second kappa shape index (κ2) is 3.40. The first-order valence-corrected chi connectivity index (χ1v) is 5.12. The third-order valence-corrected chi connectivity index (χ3v) is 3.24. The Balaban J connectivity index is 2.48. The minimum Gasteiger partial charge on any atom is -0.378 e. The molecule has 14 heavy (non-hydrogen) atoms. The van der Waals surface area contributed by atoms with Gasteiger partial charge in [0.25, 0.3) is 0 Å². The van der Waals surface area contributed by atoms with E-state index >= 15 is 0 Å². The Morgan fingerprint density at radius 3 is 2.64 bits per heavy atom. The van der Waals surface area contributed by atoms with E-state index in [0.29, 0.717) is 23.8 Å². The summed E-state index contributed by atoms with van der Waals surface area (Å²) >= 11 is 10.5. The fourth-order valence-corrected chi connectivity index (χ4v) is 2.29. The van der Waals surface area contributed by atoms with Crippen LogP contribution in [0.5, 0.6) is 0 Å². The van der Waals surface area contributed by atoms with Gasteiger partial charge in [-0.15, -0.1) is 0 Å². The number of hydrogen-bond donors (Lipinski definition) is 1. The molecular weight excluding hydrogens is 223 g/mol. The summed E-state index contributed by atoms with van der Waals surface area (Å²) in [6, 6.07) is 3.08.